The maximum atomic E-state index is 12.9. The normalized spacial score (nSPS) is 13.9. The quantitative estimate of drug-likeness (QED) is 0.0211. The number of esters is 2. The minimum atomic E-state index is -1.53. The van der Waals surface area contributed by atoms with Crippen LogP contribution in [-0.2, 0) is 33.3 Å². The highest BCUT2D eigenvalue weighted by atomic mass is 16.7. The van der Waals surface area contributed by atoms with E-state index in [1.165, 1.54) is 38.5 Å². The van der Waals surface area contributed by atoms with Crippen LogP contribution in [0.4, 0.5) is 0 Å². The van der Waals surface area contributed by atoms with E-state index >= 15 is 0 Å². The summed E-state index contributed by atoms with van der Waals surface area (Å²) in [4.78, 5) is 37.6. The van der Waals surface area contributed by atoms with Crippen molar-refractivity contribution in [3.05, 3.63) is 182 Å². The molecule has 0 rings (SSSR count). The second-order valence-corrected chi connectivity index (χ2v) is 22.3. The van der Waals surface area contributed by atoms with Gasteiger partial charge in [0, 0.05) is 12.8 Å². The fourth-order valence-corrected chi connectivity index (χ4v) is 8.18. The van der Waals surface area contributed by atoms with Gasteiger partial charge in [-0.1, -0.05) is 254 Å². The highest BCUT2D eigenvalue weighted by Gasteiger charge is 2.25. The summed E-state index contributed by atoms with van der Waals surface area (Å²) in [5, 5.41) is 9.73. The lowest BCUT2D eigenvalue weighted by molar-refractivity contribution is -0.870. The molecule has 1 N–H and O–H groups in total. The van der Waals surface area contributed by atoms with Crippen molar-refractivity contribution in [1.82, 2.24) is 0 Å². The number of aliphatic carboxylic acids is 1. The Morgan fingerprint density at radius 2 is 0.635 bits per heavy atom. The van der Waals surface area contributed by atoms with Crippen molar-refractivity contribution in [1.29, 1.82) is 0 Å². The van der Waals surface area contributed by atoms with E-state index < -0.39 is 24.3 Å². The van der Waals surface area contributed by atoms with E-state index in [1.807, 2.05) is 21.1 Å². The molecule has 0 saturated heterocycles. The standard InChI is InChI=1S/C76H119NO8/c1-6-8-10-12-14-16-18-20-22-24-26-28-30-32-33-34-35-36-37-38-39-40-41-43-45-47-49-51-53-55-57-59-61-63-65-67-74(79)85-72(71-84-76(75(80)81)82-69-68-77(3,4)5)70-83-73(78)66-64-62-60-58-56-54-52-50-48-46-44-42-31-29-27-25-23-21-19-17-15-13-11-9-7-2/h8-11,14-17,20-23,26-29,32-33,35-36,38-39,41-44,48,50,54,56,72,76H,6-7,12-13,18-19,24-25,30-31,34,37,40,45-47,49,51-53,55,57-71H2,1-5H3/p+1/b10-8-,11-9-,16-14-,17-15-,22-20-,23-21-,28-26-,29-27-,33-32-,36-35-,39-38-,43-41-,44-42-,50-48-,56-54-. The number of likely N-dealkylation sites (N-methyl/N-ethyl adjacent to an activating group) is 1. The van der Waals surface area contributed by atoms with Crippen LogP contribution in [0, 0.1) is 0 Å². The maximum Gasteiger partial charge on any atom is 0.361 e. The van der Waals surface area contributed by atoms with Crippen LogP contribution in [0.3, 0.4) is 0 Å². The van der Waals surface area contributed by atoms with Crippen LogP contribution in [0.25, 0.3) is 0 Å². The van der Waals surface area contributed by atoms with E-state index in [2.05, 4.69) is 196 Å². The third-order valence-electron chi connectivity index (χ3n) is 13.2. The largest absolute Gasteiger partial charge is 0.477 e. The van der Waals surface area contributed by atoms with Crippen LogP contribution >= 0.6 is 0 Å². The molecular formula is C76H120NO8+. The maximum absolute atomic E-state index is 12.9. The summed E-state index contributed by atoms with van der Waals surface area (Å²) in [6, 6.07) is 0. The molecule has 0 bridgehead atoms. The molecule has 9 nitrogen and oxygen atoms in total. The molecule has 0 radical (unpaired) electrons. The Morgan fingerprint density at radius 1 is 0.353 bits per heavy atom. The fraction of sp³-hybridized carbons (Fsp3) is 0.566. The molecule has 0 aliphatic carbocycles. The monoisotopic (exact) mass is 1170 g/mol. The number of carboxylic acids is 1. The highest BCUT2D eigenvalue weighted by Crippen LogP contribution is 2.14. The summed E-state index contributed by atoms with van der Waals surface area (Å²) in [6.07, 6.45) is 95.5. The average Bonchev–Trinajstić information content (AvgIpc) is 3.48. The van der Waals surface area contributed by atoms with E-state index in [-0.39, 0.29) is 38.6 Å². The topological polar surface area (TPSA) is 108 Å². The summed E-state index contributed by atoms with van der Waals surface area (Å²) in [6.45, 7) is 4.58. The van der Waals surface area contributed by atoms with Gasteiger partial charge in [0.05, 0.1) is 34.4 Å². The lowest BCUT2D eigenvalue weighted by Crippen LogP contribution is -2.40. The molecule has 0 heterocycles. The third kappa shape index (κ3) is 65.8. The zero-order valence-corrected chi connectivity index (χ0v) is 54.2. The van der Waals surface area contributed by atoms with Gasteiger partial charge >= 0.3 is 17.9 Å². The Morgan fingerprint density at radius 3 is 0.953 bits per heavy atom. The molecule has 0 aliphatic rings. The van der Waals surface area contributed by atoms with Gasteiger partial charge in [-0.3, -0.25) is 9.59 Å². The van der Waals surface area contributed by atoms with Gasteiger partial charge in [-0.25, -0.2) is 4.79 Å². The van der Waals surface area contributed by atoms with Crippen LogP contribution in [0.1, 0.15) is 219 Å². The van der Waals surface area contributed by atoms with Crippen molar-refractivity contribution in [3.63, 3.8) is 0 Å². The number of rotatable bonds is 58. The Kier molecular flexibility index (Phi) is 60.1. The summed E-state index contributed by atoms with van der Waals surface area (Å²) in [5.41, 5.74) is 0. The van der Waals surface area contributed by atoms with Crippen molar-refractivity contribution in [2.24, 2.45) is 0 Å². The molecule has 476 valence electrons. The minimum Gasteiger partial charge on any atom is -0.477 e. The van der Waals surface area contributed by atoms with E-state index in [4.69, 9.17) is 18.9 Å². The Labute approximate surface area is 519 Å². The first-order valence-electron chi connectivity index (χ1n) is 32.9. The van der Waals surface area contributed by atoms with Gasteiger partial charge in [0.1, 0.15) is 13.2 Å². The number of hydrogen-bond acceptors (Lipinski definition) is 7. The molecule has 0 aliphatic heterocycles. The van der Waals surface area contributed by atoms with Crippen LogP contribution in [0.2, 0.25) is 0 Å². The molecule has 85 heavy (non-hydrogen) atoms. The first-order chi connectivity index (χ1) is 41.6. The van der Waals surface area contributed by atoms with Crippen molar-refractivity contribution < 1.29 is 42.9 Å². The zero-order chi connectivity index (χ0) is 61.9. The number of ether oxygens (including phenoxy) is 4. The van der Waals surface area contributed by atoms with Crippen LogP contribution in [0.5, 0.6) is 0 Å². The summed E-state index contributed by atoms with van der Waals surface area (Å²) in [7, 11) is 5.95. The second-order valence-electron chi connectivity index (χ2n) is 22.3. The van der Waals surface area contributed by atoms with Crippen LogP contribution in [0.15, 0.2) is 182 Å². The molecule has 0 spiro atoms. The van der Waals surface area contributed by atoms with Gasteiger partial charge in [-0.2, -0.15) is 0 Å². The molecular weight excluding hydrogens is 1050 g/mol. The molecule has 2 unspecified atom stereocenters. The lowest BCUT2D eigenvalue weighted by atomic mass is 10.0. The number of carbonyl (C=O) groups is 3. The molecule has 0 saturated carbocycles. The first-order valence-corrected chi connectivity index (χ1v) is 32.9. The summed E-state index contributed by atoms with van der Waals surface area (Å²) in [5.74, 6) is -2.08. The number of unbranched alkanes of at least 4 members (excludes halogenated alkanes) is 13. The van der Waals surface area contributed by atoms with Gasteiger partial charge in [-0.15, -0.1) is 0 Å². The molecule has 0 aromatic heterocycles. The Hall–Kier alpha value is -5.61. The van der Waals surface area contributed by atoms with Crippen molar-refractivity contribution in [2.75, 3.05) is 47.5 Å². The molecule has 2 atom stereocenters. The fourth-order valence-electron chi connectivity index (χ4n) is 8.18. The van der Waals surface area contributed by atoms with E-state index in [0.29, 0.717) is 23.9 Å². The molecule has 0 amide bonds. The highest BCUT2D eigenvalue weighted by molar-refractivity contribution is 5.71. The predicted molar refractivity (Wildman–Crippen MR) is 363 cm³/mol. The van der Waals surface area contributed by atoms with E-state index in [0.717, 1.165) is 141 Å². The van der Waals surface area contributed by atoms with Crippen molar-refractivity contribution in [3.8, 4) is 0 Å². The Bertz CT molecular complexity index is 2050. The van der Waals surface area contributed by atoms with Gasteiger partial charge in [0.25, 0.3) is 6.29 Å². The van der Waals surface area contributed by atoms with Crippen molar-refractivity contribution in [2.45, 2.75) is 232 Å². The van der Waals surface area contributed by atoms with Gasteiger partial charge in [-0.05, 0) is 135 Å². The van der Waals surface area contributed by atoms with Gasteiger partial charge in [0.2, 0.25) is 0 Å². The summed E-state index contributed by atoms with van der Waals surface area (Å²) < 4.78 is 22.9. The lowest BCUT2D eigenvalue weighted by Gasteiger charge is -2.25. The number of carboxylic acid groups (broad SMARTS) is 1. The third-order valence-corrected chi connectivity index (χ3v) is 13.2. The number of nitrogens with zero attached hydrogens (tertiary/aromatic N) is 1. The average molecular weight is 1180 g/mol. The van der Waals surface area contributed by atoms with Gasteiger partial charge in [0.15, 0.2) is 6.10 Å². The smallest absolute Gasteiger partial charge is 0.361 e. The minimum absolute atomic E-state index is 0.170. The van der Waals surface area contributed by atoms with Crippen LogP contribution in [-0.4, -0.2) is 87.4 Å². The molecule has 0 aromatic rings. The van der Waals surface area contributed by atoms with Crippen LogP contribution < -0.4 is 0 Å². The number of allylic oxidation sites excluding steroid dienone is 30. The van der Waals surface area contributed by atoms with Gasteiger partial charge < -0.3 is 28.5 Å². The first kappa shape index (κ1) is 79.4. The number of hydrogen-bond donors (Lipinski definition) is 1. The van der Waals surface area contributed by atoms with E-state index in [9.17, 15) is 19.5 Å². The van der Waals surface area contributed by atoms with E-state index in [1.54, 1.807) is 0 Å². The number of carbonyl (C=O) groups excluding carboxylic acids is 2. The molecule has 9 heteroatoms. The predicted octanol–water partition coefficient (Wildman–Crippen LogP) is 20.5. The SMILES string of the molecule is CC/C=C\C/C=C\C/C=C\C/C=C\C/C=C\C/C=C\C/C=C\C/C=C\CCCCCCCCCCCCC(=O)OC(COC(=O)CCCCC/C=C\C/C=C\C/C=C\C/C=C\C/C=C\C/C=C\C/C=C\CC)COC(OCC[N+](C)(C)C)C(=O)O. The Balaban J connectivity index is 4.29. The zero-order valence-electron chi connectivity index (χ0n) is 54.2. The molecule has 0 aromatic carbocycles. The number of quaternary nitrogens is 1. The summed E-state index contributed by atoms with van der Waals surface area (Å²) >= 11 is 0. The molecule has 0 fully saturated rings. The van der Waals surface area contributed by atoms with Crippen molar-refractivity contribution >= 4 is 17.9 Å². The second kappa shape index (κ2) is 64.4.